The molecule has 0 atom stereocenters. The molecule has 0 heterocycles. The zero-order valence-electron chi connectivity index (χ0n) is 17.0. The molecule has 152 valence electrons. The molecule has 0 aromatic heterocycles. The van der Waals surface area contributed by atoms with Gasteiger partial charge in [-0.1, -0.05) is 116 Å². The Hall–Kier alpha value is -0.200. The van der Waals surface area contributed by atoms with Crippen LogP contribution >= 0.6 is 0 Å². The molecule has 0 saturated heterocycles. The van der Waals surface area contributed by atoms with E-state index in [4.69, 9.17) is 5.84 Å². The third kappa shape index (κ3) is 23.8. The Balaban J connectivity index is 2.94. The van der Waals surface area contributed by atoms with Gasteiger partial charge in [-0.25, -0.2) is 5.43 Å². The van der Waals surface area contributed by atoms with Gasteiger partial charge in [-0.3, -0.25) is 5.84 Å². The molecule has 0 aliphatic heterocycles. The van der Waals surface area contributed by atoms with Gasteiger partial charge in [0.15, 0.2) is 0 Å². The highest BCUT2D eigenvalue weighted by atomic mass is 15.8. The largest absolute Gasteiger partial charge is 0.257 e. The predicted molar refractivity (Wildman–Crippen MR) is 110 cm³/mol. The van der Waals surface area contributed by atoms with Crippen LogP contribution in [0.4, 0.5) is 0 Å². The van der Waals surface area contributed by atoms with Gasteiger partial charge >= 0.3 is 0 Å². The highest BCUT2D eigenvalue weighted by Gasteiger charge is 1.95. The van der Waals surface area contributed by atoms with Crippen molar-refractivity contribution in [2.24, 2.45) is 5.84 Å². The van der Waals surface area contributed by atoms with E-state index in [2.05, 4.69) is 29.0 Å². The molecular weight excluding hydrogens is 310 g/mol. The number of nitrogens with one attached hydrogen (secondary N) is 4. The lowest BCUT2D eigenvalue weighted by Crippen LogP contribution is -2.53. The minimum absolute atomic E-state index is 0.966. The van der Waals surface area contributed by atoms with E-state index in [9.17, 15) is 0 Å². The maximum absolute atomic E-state index is 5.05. The lowest BCUT2D eigenvalue weighted by Gasteiger charge is -2.06. The first-order valence-electron chi connectivity index (χ1n) is 11.1. The lowest BCUT2D eigenvalue weighted by molar-refractivity contribution is 0.370. The van der Waals surface area contributed by atoms with Gasteiger partial charge < -0.3 is 0 Å². The van der Waals surface area contributed by atoms with Crippen LogP contribution in [0.1, 0.15) is 122 Å². The van der Waals surface area contributed by atoms with E-state index in [1.54, 1.807) is 0 Å². The van der Waals surface area contributed by atoms with Crippen LogP contribution in [0.5, 0.6) is 0 Å². The van der Waals surface area contributed by atoms with Gasteiger partial charge in [-0.15, -0.1) is 0 Å². The van der Waals surface area contributed by atoms with E-state index in [0.717, 1.165) is 6.54 Å². The molecule has 5 nitrogen and oxygen atoms in total. The monoisotopic (exact) mass is 357 g/mol. The van der Waals surface area contributed by atoms with Gasteiger partial charge in [0, 0.05) is 6.54 Å². The minimum Gasteiger partial charge on any atom is -0.257 e. The quantitative estimate of drug-likeness (QED) is 0.107. The van der Waals surface area contributed by atoms with Crippen molar-refractivity contribution in [2.45, 2.75) is 122 Å². The fraction of sp³-hybridized carbons (Fsp3) is 1.00. The Bertz CT molecular complexity index is 204. The highest BCUT2D eigenvalue weighted by molar-refractivity contribution is 4.50. The standard InChI is InChI=1S/C20H47N5/c1-2-3-4-5-6-7-8-9-10-11-12-13-14-15-16-17-18-19-20-22-24-25-23-21/h22-25H,2-21H2,1H3. The van der Waals surface area contributed by atoms with E-state index in [1.165, 1.54) is 116 Å². The number of nitrogens with two attached hydrogens (primary N) is 1. The van der Waals surface area contributed by atoms with Gasteiger partial charge in [0.25, 0.3) is 0 Å². The molecule has 0 radical (unpaired) electrons. The second-order valence-electron chi connectivity index (χ2n) is 7.33. The molecule has 0 aliphatic carbocycles. The lowest BCUT2D eigenvalue weighted by atomic mass is 10.0. The number of hydrogen-bond donors (Lipinski definition) is 5. The van der Waals surface area contributed by atoms with Crippen LogP contribution in [-0.2, 0) is 0 Å². The van der Waals surface area contributed by atoms with E-state index >= 15 is 0 Å². The zero-order chi connectivity index (χ0) is 18.3. The van der Waals surface area contributed by atoms with Crippen molar-refractivity contribution in [1.29, 1.82) is 0 Å². The Kier molecular flexibility index (Phi) is 23.6. The maximum Gasteiger partial charge on any atom is 0.0113 e. The number of hydrazine groups is 4. The second kappa shape index (κ2) is 23.8. The molecule has 0 aromatic carbocycles. The van der Waals surface area contributed by atoms with Crippen molar-refractivity contribution < 1.29 is 0 Å². The van der Waals surface area contributed by atoms with E-state index in [-0.39, 0.29) is 0 Å². The fourth-order valence-electron chi connectivity index (χ4n) is 3.26. The van der Waals surface area contributed by atoms with Gasteiger partial charge in [-0.2, -0.15) is 16.6 Å². The fourth-order valence-corrected chi connectivity index (χ4v) is 3.26. The maximum atomic E-state index is 5.05. The van der Waals surface area contributed by atoms with E-state index in [1.807, 2.05) is 0 Å². The predicted octanol–water partition coefficient (Wildman–Crippen LogP) is 5.01. The Morgan fingerprint density at radius 3 is 1.20 bits per heavy atom. The Morgan fingerprint density at radius 1 is 0.480 bits per heavy atom. The molecule has 0 unspecified atom stereocenters. The van der Waals surface area contributed by atoms with Gasteiger partial charge in [-0.05, 0) is 6.42 Å². The summed E-state index contributed by atoms with van der Waals surface area (Å²) in [6, 6.07) is 0. The molecule has 25 heavy (non-hydrogen) atoms. The van der Waals surface area contributed by atoms with Crippen LogP contribution in [0.2, 0.25) is 0 Å². The molecule has 0 fully saturated rings. The third-order valence-electron chi connectivity index (χ3n) is 4.88. The summed E-state index contributed by atoms with van der Waals surface area (Å²) in [6.45, 7) is 3.26. The molecule has 0 bridgehead atoms. The molecular formula is C20H47N5. The summed E-state index contributed by atoms with van der Waals surface area (Å²) in [5, 5.41) is 0. The molecule has 6 N–H and O–H groups in total. The van der Waals surface area contributed by atoms with Crippen molar-refractivity contribution in [3.05, 3.63) is 0 Å². The third-order valence-corrected chi connectivity index (χ3v) is 4.88. The van der Waals surface area contributed by atoms with Crippen LogP contribution in [-0.4, -0.2) is 6.54 Å². The molecule has 0 amide bonds. The smallest absolute Gasteiger partial charge is 0.0113 e. The van der Waals surface area contributed by atoms with Gasteiger partial charge in [0.2, 0.25) is 0 Å². The van der Waals surface area contributed by atoms with Crippen molar-refractivity contribution in [2.75, 3.05) is 6.54 Å². The summed E-state index contributed by atoms with van der Waals surface area (Å²) in [7, 11) is 0. The SMILES string of the molecule is CCCCCCCCCCCCCCCCCCCCNNNNN. The first kappa shape index (κ1) is 24.8. The van der Waals surface area contributed by atoms with Crippen LogP contribution in [0.3, 0.4) is 0 Å². The minimum atomic E-state index is 0.966. The number of rotatable bonds is 22. The zero-order valence-corrected chi connectivity index (χ0v) is 17.0. The molecule has 0 aliphatic rings. The van der Waals surface area contributed by atoms with Crippen LogP contribution < -0.4 is 27.9 Å². The summed E-state index contributed by atoms with van der Waals surface area (Å²) < 4.78 is 0. The second-order valence-corrected chi connectivity index (χ2v) is 7.33. The van der Waals surface area contributed by atoms with Crippen molar-refractivity contribution >= 4 is 0 Å². The summed E-state index contributed by atoms with van der Waals surface area (Å²) in [5.74, 6) is 5.05. The summed E-state index contributed by atoms with van der Waals surface area (Å²) in [4.78, 5) is 0. The van der Waals surface area contributed by atoms with Crippen LogP contribution in [0.15, 0.2) is 0 Å². The van der Waals surface area contributed by atoms with E-state index < -0.39 is 0 Å². The molecule has 0 saturated carbocycles. The summed E-state index contributed by atoms with van der Waals surface area (Å²) in [6.07, 6.45) is 25.5. The molecule has 5 heteroatoms. The average molecular weight is 358 g/mol. The van der Waals surface area contributed by atoms with Crippen LogP contribution in [0.25, 0.3) is 0 Å². The topological polar surface area (TPSA) is 74.1 Å². The highest BCUT2D eigenvalue weighted by Crippen LogP contribution is 2.14. The van der Waals surface area contributed by atoms with Crippen molar-refractivity contribution in [3.8, 4) is 0 Å². The first-order chi connectivity index (χ1) is 12.4. The van der Waals surface area contributed by atoms with Crippen molar-refractivity contribution in [1.82, 2.24) is 22.0 Å². The molecule has 0 spiro atoms. The first-order valence-corrected chi connectivity index (χ1v) is 11.1. The number of hydrogen-bond acceptors (Lipinski definition) is 5. The summed E-state index contributed by atoms with van der Waals surface area (Å²) in [5.41, 5.74) is 10.7. The van der Waals surface area contributed by atoms with E-state index in [0.29, 0.717) is 0 Å². The Labute approximate surface area is 157 Å². The molecule has 0 rings (SSSR count). The molecule has 0 aromatic rings. The normalized spacial score (nSPS) is 11.3. The van der Waals surface area contributed by atoms with Gasteiger partial charge in [0.05, 0.1) is 0 Å². The summed E-state index contributed by atoms with van der Waals surface area (Å²) >= 11 is 0. The average Bonchev–Trinajstić information content (AvgIpc) is 2.63. The van der Waals surface area contributed by atoms with Crippen molar-refractivity contribution in [3.63, 3.8) is 0 Å². The van der Waals surface area contributed by atoms with Gasteiger partial charge in [0.1, 0.15) is 0 Å². The van der Waals surface area contributed by atoms with Crippen LogP contribution in [0, 0.1) is 0 Å². The Morgan fingerprint density at radius 2 is 0.840 bits per heavy atom. The number of unbranched alkanes of at least 4 members (excludes halogenated alkanes) is 17.